The van der Waals surface area contributed by atoms with Crippen molar-refractivity contribution in [2.24, 2.45) is 7.05 Å². The van der Waals surface area contributed by atoms with Crippen LogP contribution in [0.15, 0.2) is 162 Å². The maximum atomic E-state index is 14.0. The van der Waals surface area contributed by atoms with E-state index in [0.717, 1.165) is 0 Å². The van der Waals surface area contributed by atoms with Crippen LogP contribution in [0.5, 0.6) is 11.5 Å². The van der Waals surface area contributed by atoms with Crippen LogP contribution in [-0.2, 0) is 16.6 Å². The van der Waals surface area contributed by atoms with Gasteiger partial charge in [0.15, 0.2) is 22.9 Å². The molecule has 0 aliphatic carbocycles. The van der Waals surface area contributed by atoms with E-state index in [1.807, 2.05) is 18.2 Å². The molecule has 0 atom stereocenters. The van der Waals surface area contributed by atoms with Crippen LogP contribution in [0, 0.1) is 0 Å². The Labute approximate surface area is 402 Å². The van der Waals surface area contributed by atoms with Crippen molar-refractivity contribution in [3.63, 3.8) is 0 Å². The number of carboxylic acids is 2. The molecular formula is C53H42N8O10. The predicted octanol–water partition coefficient (Wildman–Crippen LogP) is 6.60. The molecule has 0 spiro atoms. The average Bonchev–Trinajstić information content (AvgIpc) is 3.38. The lowest BCUT2D eigenvalue weighted by molar-refractivity contribution is -0.137. The minimum Gasteiger partial charge on any atom is -0.505 e. The van der Waals surface area contributed by atoms with Crippen LogP contribution in [0.25, 0.3) is 72.3 Å². The molecule has 6 N–H and O–H groups in total. The molecule has 9 rings (SSSR count). The van der Waals surface area contributed by atoms with Crippen molar-refractivity contribution < 1.29 is 39.6 Å². The van der Waals surface area contributed by atoms with Gasteiger partial charge in [-0.1, -0.05) is 78.9 Å². The largest absolute Gasteiger partial charge is 0.505 e. The molecular weight excluding hydrogens is 909 g/mol. The van der Waals surface area contributed by atoms with Crippen LogP contribution in [-0.4, -0.2) is 86.3 Å². The third-order valence-electron chi connectivity index (χ3n) is 11.2. The molecule has 71 heavy (non-hydrogen) atoms. The quantitative estimate of drug-likeness (QED) is 0.0712. The first kappa shape index (κ1) is 47.6. The van der Waals surface area contributed by atoms with Gasteiger partial charge in [0.2, 0.25) is 0 Å². The lowest BCUT2D eigenvalue weighted by Gasteiger charge is -2.18. The van der Waals surface area contributed by atoms with E-state index in [4.69, 9.17) is 10.2 Å². The molecule has 0 fully saturated rings. The lowest BCUT2D eigenvalue weighted by Crippen LogP contribution is -2.28. The number of carbonyl (C=O) groups excluding carboxylic acids is 2. The molecule has 354 valence electrons. The fraction of sp³-hybridized carbons (Fsp3) is 0.0943. The Morgan fingerprint density at radius 1 is 0.535 bits per heavy atom. The van der Waals surface area contributed by atoms with Gasteiger partial charge in [-0.05, 0) is 59.7 Å². The van der Waals surface area contributed by atoms with Gasteiger partial charge in [-0.2, -0.15) is 0 Å². The number of aliphatic carboxylic acids is 2. The summed E-state index contributed by atoms with van der Waals surface area (Å²) in [6.07, 6.45) is 5.70. The summed E-state index contributed by atoms with van der Waals surface area (Å²) in [5, 5.41) is 45.6. The standard InChI is InChI=1S/C29H22N4O5.C24H20N4O5/c34-23(35)13-15-31-28(37)25-27(36)22-16-21(18-8-3-1-4-9-18)29(38)33(20-11-5-2-6-12-20)26(22)24(32-25)19-10-7-14-30-17-19;1-28-21-17(12-16(24(28)33)14-6-3-2-4-7-14)22(31)20(23(32)26-11-9-18(29)30)27-19(21)15-8-5-10-25-13-15/h1-12,14,16-17,36H,13,15H2,(H,31,37)(H,34,35);2-8,10,12-13,31H,9,11H2,1H3,(H,26,32)(H,29,30). The van der Waals surface area contributed by atoms with Crippen LogP contribution in [0.1, 0.15) is 33.8 Å². The van der Waals surface area contributed by atoms with Gasteiger partial charge in [0.05, 0.1) is 35.3 Å². The number of rotatable bonds is 13. The number of carboxylic acid groups (broad SMARTS) is 2. The molecule has 6 heterocycles. The van der Waals surface area contributed by atoms with Crippen molar-refractivity contribution in [3.05, 3.63) is 184 Å². The summed E-state index contributed by atoms with van der Waals surface area (Å²) in [6.45, 7) is -0.271. The summed E-state index contributed by atoms with van der Waals surface area (Å²) in [5.74, 6) is -4.44. The number of hydrogen-bond acceptors (Lipinski definition) is 12. The van der Waals surface area contributed by atoms with Gasteiger partial charge < -0.3 is 35.6 Å². The number of aromatic hydroxyl groups is 2. The van der Waals surface area contributed by atoms with Crippen molar-refractivity contribution >= 4 is 45.6 Å². The number of nitrogens with zero attached hydrogens (tertiary/aromatic N) is 6. The Balaban J connectivity index is 0.000000192. The highest BCUT2D eigenvalue weighted by atomic mass is 16.4. The van der Waals surface area contributed by atoms with Crippen molar-refractivity contribution in [2.45, 2.75) is 12.8 Å². The number of carbonyl (C=O) groups is 4. The maximum Gasteiger partial charge on any atom is 0.305 e. The second-order valence-electron chi connectivity index (χ2n) is 15.8. The Kier molecular flexibility index (Phi) is 14.1. The van der Waals surface area contributed by atoms with Crippen LogP contribution in [0.2, 0.25) is 0 Å². The summed E-state index contributed by atoms with van der Waals surface area (Å²) >= 11 is 0. The Morgan fingerprint density at radius 3 is 1.38 bits per heavy atom. The summed E-state index contributed by atoms with van der Waals surface area (Å²) in [5.41, 5.74) is 3.57. The highest BCUT2D eigenvalue weighted by molar-refractivity contribution is 6.07. The zero-order valence-electron chi connectivity index (χ0n) is 37.7. The van der Waals surface area contributed by atoms with Gasteiger partial charge in [-0.3, -0.25) is 43.3 Å². The molecule has 18 nitrogen and oxygen atoms in total. The molecule has 0 saturated carbocycles. The average molecular weight is 951 g/mol. The molecule has 0 saturated heterocycles. The number of pyridine rings is 6. The molecule has 6 aromatic heterocycles. The van der Waals surface area contributed by atoms with Gasteiger partial charge in [0, 0.05) is 83.6 Å². The number of fused-ring (bicyclic) bond motifs is 2. The first-order valence-corrected chi connectivity index (χ1v) is 21.9. The topological polar surface area (TPSA) is 269 Å². The molecule has 0 bridgehead atoms. The Morgan fingerprint density at radius 2 is 0.944 bits per heavy atom. The van der Waals surface area contributed by atoms with Gasteiger partial charge >= 0.3 is 11.9 Å². The lowest BCUT2D eigenvalue weighted by atomic mass is 10.0. The molecule has 0 radical (unpaired) electrons. The van der Waals surface area contributed by atoms with E-state index < -0.39 is 35.3 Å². The minimum atomic E-state index is -1.07. The highest BCUT2D eigenvalue weighted by Gasteiger charge is 2.26. The Bertz CT molecular complexity index is 3590. The van der Waals surface area contributed by atoms with Gasteiger partial charge in [-0.25, -0.2) is 9.97 Å². The SMILES string of the molecule is Cn1c(=O)c(-c2ccccc2)cc2c(O)c(C(=O)NCCC(=O)O)nc(-c3cccnc3)c21.O=C(O)CCNC(=O)c1nc(-c2cccnc2)c2c(cc(-c3ccccc3)c(=O)n2-c2ccccc2)c1O. The molecule has 0 unspecified atom stereocenters. The molecule has 9 aromatic rings. The number of amides is 2. The predicted molar refractivity (Wildman–Crippen MR) is 264 cm³/mol. The third kappa shape index (κ3) is 10.1. The smallest absolute Gasteiger partial charge is 0.305 e. The number of hydrogen-bond donors (Lipinski definition) is 6. The van der Waals surface area contributed by atoms with Crippen molar-refractivity contribution in [2.75, 3.05) is 13.1 Å². The fourth-order valence-electron chi connectivity index (χ4n) is 7.86. The second kappa shape index (κ2) is 21.0. The summed E-state index contributed by atoms with van der Waals surface area (Å²) in [7, 11) is 1.57. The molecule has 0 aliphatic heterocycles. The molecule has 3 aromatic carbocycles. The van der Waals surface area contributed by atoms with E-state index >= 15 is 0 Å². The highest BCUT2D eigenvalue weighted by Crippen LogP contribution is 2.38. The maximum absolute atomic E-state index is 14.0. The van der Waals surface area contributed by atoms with Gasteiger partial charge in [0.25, 0.3) is 22.9 Å². The van der Waals surface area contributed by atoms with Crippen molar-refractivity contribution in [1.82, 2.24) is 39.7 Å². The van der Waals surface area contributed by atoms with Crippen LogP contribution < -0.4 is 21.8 Å². The molecule has 18 heteroatoms. The van der Waals surface area contributed by atoms with E-state index in [-0.39, 0.29) is 64.9 Å². The van der Waals surface area contributed by atoms with Crippen LogP contribution >= 0.6 is 0 Å². The molecule has 0 aliphatic rings. The number of benzene rings is 3. The van der Waals surface area contributed by atoms with Gasteiger partial charge in [-0.15, -0.1) is 0 Å². The van der Waals surface area contributed by atoms with E-state index in [1.165, 1.54) is 15.2 Å². The first-order chi connectivity index (χ1) is 34.3. The van der Waals surface area contributed by atoms with E-state index in [2.05, 4.69) is 30.6 Å². The summed E-state index contributed by atoms with van der Waals surface area (Å²) in [4.78, 5) is 91.8. The molecule has 2 amide bonds. The number of aromatic nitrogens is 6. The van der Waals surface area contributed by atoms with Crippen LogP contribution in [0.3, 0.4) is 0 Å². The van der Waals surface area contributed by atoms with Gasteiger partial charge in [0.1, 0.15) is 0 Å². The number of aryl methyl sites for hydroxylation is 1. The second-order valence-corrected chi connectivity index (χ2v) is 15.8. The monoisotopic (exact) mass is 950 g/mol. The fourth-order valence-corrected chi connectivity index (χ4v) is 7.86. The summed E-state index contributed by atoms with van der Waals surface area (Å²) in [6, 6.07) is 36.9. The van der Waals surface area contributed by atoms with E-state index in [1.54, 1.807) is 135 Å². The zero-order valence-corrected chi connectivity index (χ0v) is 37.7. The Hall–Kier alpha value is -9.84. The van der Waals surface area contributed by atoms with E-state index in [0.29, 0.717) is 55.8 Å². The normalized spacial score (nSPS) is 10.8. The number of nitrogens with one attached hydrogen (secondary N) is 2. The van der Waals surface area contributed by atoms with Crippen molar-refractivity contribution in [3.8, 4) is 62.0 Å². The minimum absolute atomic E-state index is 0.127. The third-order valence-corrected chi connectivity index (χ3v) is 11.2. The summed E-state index contributed by atoms with van der Waals surface area (Å²) < 4.78 is 2.86. The van der Waals surface area contributed by atoms with Crippen molar-refractivity contribution in [1.29, 1.82) is 0 Å². The zero-order chi connectivity index (χ0) is 50.2. The van der Waals surface area contributed by atoms with E-state index in [9.17, 15) is 39.0 Å². The number of para-hydroxylation sites is 1. The first-order valence-electron chi connectivity index (χ1n) is 21.9. The van der Waals surface area contributed by atoms with Crippen LogP contribution in [0.4, 0.5) is 0 Å².